The standard InChI is InChI=1S/C14H26N4/c1-4-9-18-14(13(15)12(3)16-18)17-10-7-5-6-8-11(17)2/h11H,4-10,15H2,1-3H3. The van der Waals surface area contributed by atoms with Crippen LogP contribution in [0.3, 0.4) is 0 Å². The van der Waals surface area contributed by atoms with E-state index < -0.39 is 0 Å². The van der Waals surface area contributed by atoms with Crippen molar-refractivity contribution >= 4 is 11.5 Å². The van der Waals surface area contributed by atoms with Crippen LogP contribution in [0.2, 0.25) is 0 Å². The number of nitrogen functional groups attached to an aromatic ring is 1. The van der Waals surface area contributed by atoms with E-state index in [9.17, 15) is 0 Å². The van der Waals surface area contributed by atoms with Crippen LogP contribution in [0.15, 0.2) is 0 Å². The maximum absolute atomic E-state index is 6.25. The normalized spacial score (nSPS) is 21.1. The molecule has 1 unspecified atom stereocenters. The van der Waals surface area contributed by atoms with Crippen molar-refractivity contribution in [2.24, 2.45) is 0 Å². The molecule has 1 aromatic rings. The molecule has 102 valence electrons. The quantitative estimate of drug-likeness (QED) is 0.897. The summed E-state index contributed by atoms with van der Waals surface area (Å²) in [7, 11) is 0. The second-order valence-electron chi connectivity index (χ2n) is 5.44. The number of hydrogen-bond donors (Lipinski definition) is 1. The maximum Gasteiger partial charge on any atom is 0.150 e. The Kier molecular flexibility index (Phi) is 4.15. The van der Waals surface area contributed by atoms with Gasteiger partial charge in [-0.05, 0) is 33.1 Å². The second-order valence-corrected chi connectivity index (χ2v) is 5.44. The number of anilines is 2. The molecule has 4 heteroatoms. The zero-order valence-corrected chi connectivity index (χ0v) is 11.9. The van der Waals surface area contributed by atoms with E-state index in [0.29, 0.717) is 6.04 Å². The van der Waals surface area contributed by atoms with Gasteiger partial charge in [-0.25, -0.2) is 4.68 Å². The fourth-order valence-corrected chi connectivity index (χ4v) is 2.84. The molecule has 0 aliphatic carbocycles. The summed E-state index contributed by atoms with van der Waals surface area (Å²) in [6.07, 6.45) is 6.28. The highest BCUT2D eigenvalue weighted by atomic mass is 15.4. The summed E-state index contributed by atoms with van der Waals surface area (Å²) in [5.74, 6) is 1.16. The predicted molar refractivity (Wildman–Crippen MR) is 76.9 cm³/mol. The van der Waals surface area contributed by atoms with E-state index >= 15 is 0 Å². The lowest BCUT2D eigenvalue weighted by atomic mass is 10.1. The van der Waals surface area contributed by atoms with Gasteiger partial charge in [0, 0.05) is 19.1 Å². The topological polar surface area (TPSA) is 47.1 Å². The Morgan fingerprint density at radius 1 is 1.33 bits per heavy atom. The van der Waals surface area contributed by atoms with Crippen molar-refractivity contribution in [3.05, 3.63) is 5.69 Å². The molecule has 4 nitrogen and oxygen atoms in total. The molecule has 0 radical (unpaired) electrons. The molecule has 0 spiro atoms. The van der Waals surface area contributed by atoms with Crippen LogP contribution in [-0.2, 0) is 6.54 Å². The Hall–Kier alpha value is -1.19. The number of nitrogens with zero attached hydrogens (tertiary/aromatic N) is 3. The first kappa shape index (κ1) is 13.2. The monoisotopic (exact) mass is 250 g/mol. The summed E-state index contributed by atoms with van der Waals surface area (Å²) in [6.45, 7) is 8.57. The van der Waals surface area contributed by atoms with Crippen molar-refractivity contribution < 1.29 is 0 Å². The van der Waals surface area contributed by atoms with Crippen LogP contribution in [0.25, 0.3) is 0 Å². The molecule has 0 amide bonds. The van der Waals surface area contributed by atoms with Gasteiger partial charge in [0.25, 0.3) is 0 Å². The number of aryl methyl sites for hydroxylation is 2. The first-order valence-corrected chi connectivity index (χ1v) is 7.24. The van der Waals surface area contributed by atoms with Crippen LogP contribution >= 0.6 is 0 Å². The highest BCUT2D eigenvalue weighted by molar-refractivity contribution is 5.66. The van der Waals surface area contributed by atoms with E-state index in [1.807, 2.05) is 6.92 Å². The van der Waals surface area contributed by atoms with Crippen molar-refractivity contribution in [1.82, 2.24) is 9.78 Å². The fourth-order valence-electron chi connectivity index (χ4n) is 2.84. The SMILES string of the molecule is CCCn1nc(C)c(N)c1N1CCCCCC1C. The lowest BCUT2D eigenvalue weighted by molar-refractivity contribution is 0.554. The van der Waals surface area contributed by atoms with E-state index in [-0.39, 0.29) is 0 Å². The molecule has 1 aliphatic heterocycles. The van der Waals surface area contributed by atoms with E-state index in [1.165, 1.54) is 25.7 Å². The van der Waals surface area contributed by atoms with E-state index in [4.69, 9.17) is 5.73 Å². The molecule has 2 rings (SSSR count). The molecule has 1 saturated heterocycles. The Morgan fingerprint density at radius 2 is 2.11 bits per heavy atom. The van der Waals surface area contributed by atoms with Gasteiger partial charge >= 0.3 is 0 Å². The summed E-state index contributed by atoms with van der Waals surface area (Å²) in [6, 6.07) is 0.571. The van der Waals surface area contributed by atoms with Crippen molar-refractivity contribution in [3.8, 4) is 0 Å². The number of hydrogen-bond acceptors (Lipinski definition) is 3. The van der Waals surface area contributed by atoms with Crippen molar-refractivity contribution in [2.45, 2.75) is 65.5 Å². The number of nitrogens with two attached hydrogens (primary N) is 1. The lowest BCUT2D eigenvalue weighted by Gasteiger charge is -2.30. The van der Waals surface area contributed by atoms with Crippen molar-refractivity contribution in [2.75, 3.05) is 17.2 Å². The summed E-state index contributed by atoms with van der Waals surface area (Å²) in [5, 5.41) is 4.59. The summed E-state index contributed by atoms with van der Waals surface area (Å²) < 4.78 is 2.10. The molecule has 1 atom stereocenters. The zero-order chi connectivity index (χ0) is 13.1. The minimum absolute atomic E-state index is 0.571. The minimum Gasteiger partial charge on any atom is -0.394 e. The summed E-state index contributed by atoms with van der Waals surface area (Å²) >= 11 is 0. The third-order valence-electron chi connectivity index (χ3n) is 3.91. The molecular weight excluding hydrogens is 224 g/mol. The van der Waals surface area contributed by atoms with Gasteiger partial charge in [0.15, 0.2) is 5.82 Å². The highest BCUT2D eigenvalue weighted by Crippen LogP contribution is 2.31. The van der Waals surface area contributed by atoms with Gasteiger partial charge in [-0.3, -0.25) is 0 Å². The van der Waals surface area contributed by atoms with E-state index in [2.05, 4.69) is 28.5 Å². The average Bonchev–Trinajstić information content (AvgIpc) is 2.53. The molecule has 1 aliphatic rings. The van der Waals surface area contributed by atoms with Gasteiger partial charge in [-0.15, -0.1) is 0 Å². The molecular formula is C14H26N4. The number of aromatic nitrogens is 2. The smallest absolute Gasteiger partial charge is 0.150 e. The lowest BCUT2D eigenvalue weighted by Crippen LogP contribution is -2.34. The van der Waals surface area contributed by atoms with Crippen LogP contribution < -0.4 is 10.6 Å². The van der Waals surface area contributed by atoms with Gasteiger partial charge in [0.1, 0.15) is 0 Å². The molecule has 0 bridgehead atoms. The zero-order valence-electron chi connectivity index (χ0n) is 11.9. The van der Waals surface area contributed by atoms with Gasteiger partial charge < -0.3 is 10.6 Å². The van der Waals surface area contributed by atoms with Crippen LogP contribution in [0.5, 0.6) is 0 Å². The molecule has 0 saturated carbocycles. The first-order valence-electron chi connectivity index (χ1n) is 7.24. The van der Waals surface area contributed by atoms with Crippen LogP contribution in [0.1, 0.15) is 51.6 Å². The van der Waals surface area contributed by atoms with Crippen LogP contribution in [-0.4, -0.2) is 22.4 Å². The third kappa shape index (κ3) is 2.47. The van der Waals surface area contributed by atoms with Gasteiger partial charge in [0.2, 0.25) is 0 Å². The molecule has 2 heterocycles. The fraction of sp³-hybridized carbons (Fsp3) is 0.786. The summed E-state index contributed by atoms with van der Waals surface area (Å²) in [4.78, 5) is 2.47. The molecule has 0 aromatic carbocycles. The first-order chi connectivity index (χ1) is 8.65. The van der Waals surface area contributed by atoms with Gasteiger partial charge in [0.05, 0.1) is 11.4 Å². The molecule has 1 aromatic heterocycles. The Morgan fingerprint density at radius 3 is 2.83 bits per heavy atom. The van der Waals surface area contributed by atoms with Gasteiger partial charge in [-0.2, -0.15) is 5.10 Å². The summed E-state index contributed by atoms with van der Waals surface area (Å²) in [5.41, 5.74) is 8.09. The van der Waals surface area contributed by atoms with Crippen LogP contribution in [0, 0.1) is 6.92 Å². The Labute approximate surface area is 110 Å². The minimum atomic E-state index is 0.571. The average molecular weight is 250 g/mol. The van der Waals surface area contributed by atoms with E-state index in [1.54, 1.807) is 0 Å². The van der Waals surface area contributed by atoms with E-state index in [0.717, 1.165) is 36.7 Å². The maximum atomic E-state index is 6.25. The Bertz CT molecular complexity index is 397. The molecule has 18 heavy (non-hydrogen) atoms. The van der Waals surface area contributed by atoms with Crippen LogP contribution in [0.4, 0.5) is 11.5 Å². The van der Waals surface area contributed by atoms with Gasteiger partial charge in [-0.1, -0.05) is 19.8 Å². The molecule has 2 N–H and O–H groups in total. The molecule has 1 fully saturated rings. The highest BCUT2D eigenvalue weighted by Gasteiger charge is 2.24. The Balaban J connectivity index is 2.34. The third-order valence-corrected chi connectivity index (χ3v) is 3.91. The predicted octanol–water partition coefficient (Wildman–Crippen LogP) is 2.95. The number of rotatable bonds is 3. The largest absolute Gasteiger partial charge is 0.394 e. The second kappa shape index (κ2) is 5.63. The van der Waals surface area contributed by atoms with Crippen molar-refractivity contribution in [1.29, 1.82) is 0 Å². The van der Waals surface area contributed by atoms with Crippen molar-refractivity contribution in [3.63, 3.8) is 0 Å².